The van der Waals surface area contributed by atoms with Crippen molar-refractivity contribution >= 4 is 32.5 Å². The van der Waals surface area contributed by atoms with Crippen molar-refractivity contribution in [3.05, 3.63) is 65.9 Å². The van der Waals surface area contributed by atoms with Gasteiger partial charge < -0.3 is 0 Å². The molecule has 0 aliphatic heterocycles. The number of Topliss-reactive ketones (excluding diaryl/α,β-unsaturated/α-hetero) is 1. The molecule has 3 aromatic rings. The minimum atomic E-state index is 0.0856. The van der Waals surface area contributed by atoms with Gasteiger partial charge in [0, 0.05) is 28.0 Å². The van der Waals surface area contributed by atoms with Gasteiger partial charge in [-0.2, -0.15) is 0 Å². The number of halogens is 1. The molecule has 0 radical (unpaired) electrons. The first kappa shape index (κ1) is 14.0. The molecule has 0 saturated carbocycles. The summed E-state index contributed by atoms with van der Waals surface area (Å²) in [5.41, 5.74) is 3.71. The summed E-state index contributed by atoms with van der Waals surface area (Å²) in [6.07, 6.45) is 1.89. The van der Waals surface area contributed by atoms with Crippen LogP contribution < -0.4 is 0 Å². The molecule has 0 atom stereocenters. The van der Waals surface area contributed by atoms with Gasteiger partial charge in [-0.05, 0) is 30.0 Å². The molecule has 2 nitrogen and oxygen atoms in total. The Morgan fingerprint density at radius 3 is 2.57 bits per heavy atom. The van der Waals surface area contributed by atoms with Crippen LogP contribution in [-0.2, 0) is 5.33 Å². The van der Waals surface area contributed by atoms with E-state index in [1.54, 1.807) is 6.92 Å². The molecule has 0 aliphatic carbocycles. The molecule has 0 bridgehead atoms. The van der Waals surface area contributed by atoms with E-state index in [9.17, 15) is 4.79 Å². The van der Waals surface area contributed by atoms with Crippen LogP contribution in [0.3, 0.4) is 0 Å². The molecular weight excluding hydrogens is 326 g/mol. The first-order chi connectivity index (χ1) is 10.2. The number of benzene rings is 2. The lowest BCUT2D eigenvalue weighted by atomic mass is 10.00. The Labute approximate surface area is 132 Å². The lowest BCUT2D eigenvalue weighted by Crippen LogP contribution is -1.98. The van der Waals surface area contributed by atoms with Crippen molar-refractivity contribution < 1.29 is 4.79 Å². The summed E-state index contributed by atoms with van der Waals surface area (Å²) in [6.45, 7) is 1.59. The standard InChI is InChI=1S/C18H14BrNO/c1-12(21)17-7-6-14(8-16(17)10-19)18-9-13-4-2-3-5-15(13)11-20-18/h2-9,11H,10H2,1H3. The van der Waals surface area contributed by atoms with Crippen molar-refractivity contribution in [1.29, 1.82) is 0 Å². The minimum absolute atomic E-state index is 0.0856. The Kier molecular flexibility index (Phi) is 3.84. The number of hydrogen-bond acceptors (Lipinski definition) is 2. The molecular formula is C18H14BrNO. The molecule has 0 spiro atoms. The Morgan fingerprint density at radius 2 is 1.86 bits per heavy atom. The molecule has 0 unspecified atom stereocenters. The van der Waals surface area contributed by atoms with E-state index in [1.807, 2.05) is 36.5 Å². The molecule has 0 fully saturated rings. The minimum Gasteiger partial charge on any atom is -0.295 e. The number of alkyl halides is 1. The number of rotatable bonds is 3. The first-order valence-corrected chi connectivity index (χ1v) is 7.86. The number of carbonyl (C=O) groups excluding carboxylic acids is 1. The Balaban J connectivity index is 2.11. The normalized spacial score (nSPS) is 10.8. The largest absolute Gasteiger partial charge is 0.295 e. The third-order valence-corrected chi connectivity index (χ3v) is 4.16. The average molecular weight is 340 g/mol. The van der Waals surface area contributed by atoms with E-state index in [1.165, 1.54) is 5.39 Å². The predicted octanol–water partition coefficient (Wildman–Crippen LogP) is 5.00. The van der Waals surface area contributed by atoms with Crippen LogP contribution in [0.15, 0.2) is 54.7 Å². The van der Waals surface area contributed by atoms with Crippen LogP contribution in [0.1, 0.15) is 22.8 Å². The first-order valence-electron chi connectivity index (χ1n) is 6.74. The Hall–Kier alpha value is -2.00. The van der Waals surface area contributed by atoms with Gasteiger partial charge in [0.15, 0.2) is 5.78 Å². The number of carbonyl (C=O) groups is 1. The van der Waals surface area contributed by atoms with Gasteiger partial charge in [0.2, 0.25) is 0 Å². The van der Waals surface area contributed by atoms with E-state index in [0.29, 0.717) is 5.33 Å². The van der Waals surface area contributed by atoms with Gasteiger partial charge in [0.1, 0.15) is 0 Å². The summed E-state index contributed by atoms with van der Waals surface area (Å²) in [5.74, 6) is 0.0856. The summed E-state index contributed by atoms with van der Waals surface area (Å²) in [7, 11) is 0. The fraction of sp³-hybridized carbons (Fsp3) is 0.111. The van der Waals surface area contributed by atoms with E-state index in [-0.39, 0.29) is 5.78 Å². The molecule has 0 N–H and O–H groups in total. The van der Waals surface area contributed by atoms with Crippen molar-refractivity contribution in [3.8, 4) is 11.3 Å². The van der Waals surface area contributed by atoms with Crippen molar-refractivity contribution in [2.45, 2.75) is 12.3 Å². The van der Waals surface area contributed by atoms with Gasteiger partial charge in [0.05, 0.1) is 5.69 Å². The average Bonchev–Trinajstić information content (AvgIpc) is 2.53. The van der Waals surface area contributed by atoms with Gasteiger partial charge in [-0.15, -0.1) is 0 Å². The quantitative estimate of drug-likeness (QED) is 0.496. The molecule has 3 rings (SSSR count). The lowest BCUT2D eigenvalue weighted by molar-refractivity contribution is 0.101. The topological polar surface area (TPSA) is 30.0 Å². The third kappa shape index (κ3) is 2.74. The van der Waals surface area contributed by atoms with Gasteiger partial charge in [0.25, 0.3) is 0 Å². The second-order valence-corrected chi connectivity index (χ2v) is 5.54. The monoisotopic (exact) mass is 339 g/mol. The molecule has 1 heterocycles. The molecule has 104 valence electrons. The van der Waals surface area contributed by atoms with Gasteiger partial charge in [-0.25, -0.2) is 0 Å². The number of pyridine rings is 1. The maximum absolute atomic E-state index is 11.6. The highest BCUT2D eigenvalue weighted by Gasteiger charge is 2.09. The van der Waals surface area contributed by atoms with Crippen molar-refractivity contribution in [2.24, 2.45) is 0 Å². The van der Waals surface area contributed by atoms with E-state index in [0.717, 1.165) is 27.8 Å². The van der Waals surface area contributed by atoms with Crippen LogP contribution in [0.5, 0.6) is 0 Å². The fourth-order valence-corrected chi connectivity index (χ4v) is 2.91. The molecule has 2 aromatic carbocycles. The SMILES string of the molecule is CC(=O)c1ccc(-c2cc3ccccc3cn2)cc1CBr. The van der Waals surface area contributed by atoms with Crippen LogP contribution in [0.25, 0.3) is 22.0 Å². The summed E-state index contributed by atoms with van der Waals surface area (Å²) in [5, 5.41) is 2.95. The zero-order valence-electron chi connectivity index (χ0n) is 11.6. The van der Waals surface area contributed by atoms with Crippen molar-refractivity contribution in [3.63, 3.8) is 0 Å². The molecule has 0 amide bonds. The van der Waals surface area contributed by atoms with E-state index >= 15 is 0 Å². The second kappa shape index (κ2) is 5.78. The number of ketones is 1. The van der Waals surface area contributed by atoms with Crippen molar-refractivity contribution in [2.75, 3.05) is 0 Å². The number of hydrogen-bond donors (Lipinski definition) is 0. The highest BCUT2D eigenvalue weighted by Crippen LogP contribution is 2.25. The van der Waals surface area contributed by atoms with Gasteiger partial charge >= 0.3 is 0 Å². The van der Waals surface area contributed by atoms with Crippen LogP contribution in [-0.4, -0.2) is 10.8 Å². The van der Waals surface area contributed by atoms with Crippen molar-refractivity contribution in [1.82, 2.24) is 4.98 Å². The second-order valence-electron chi connectivity index (χ2n) is 4.98. The van der Waals surface area contributed by atoms with Crippen LogP contribution in [0.4, 0.5) is 0 Å². The summed E-state index contributed by atoms with van der Waals surface area (Å²) in [4.78, 5) is 16.1. The number of fused-ring (bicyclic) bond motifs is 1. The Bertz CT molecular complexity index is 826. The molecule has 0 saturated heterocycles. The highest BCUT2D eigenvalue weighted by atomic mass is 79.9. The van der Waals surface area contributed by atoms with E-state index in [4.69, 9.17) is 0 Å². The molecule has 0 aliphatic rings. The van der Waals surface area contributed by atoms with Gasteiger partial charge in [-0.1, -0.05) is 52.3 Å². The summed E-state index contributed by atoms with van der Waals surface area (Å²) in [6, 6.07) is 16.1. The number of nitrogens with zero attached hydrogens (tertiary/aromatic N) is 1. The molecule has 3 heteroatoms. The zero-order chi connectivity index (χ0) is 14.8. The fourth-order valence-electron chi connectivity index (χ4n) is 2.45. The summed E-state index contributed by atoms with van der Waals surface area (Å²) < 4.78 is 0. The van der Waals surface area contributed by atoms with E-state index < -0.39 is 0 Å². The Morgan fingerprint density at radius 1 is 1.10 bits per heavy atom. The zero-order valence-corrected chi connectivity index (χ0v) is 13.2. The smallest absolute Gasteiger partial charge is 0.160 e. The van der Waals surface area contributed by atoms with Gasteiger partial charge in [-0.3, -0.25) is 9.78 Å². The third-order valence-electron chi connectivity index (χ3n) is 3.56. The van der Waals surface area contributed by atoms with Crippen LogP contribution >= 0.6 is 15.9 Å². The maximum Gasteiger partial charge on any atom is 0.160 e. The van der Waals surface area contributed by atoms with E-state index in [2.05, 4.69) is 39.1 Å². The van der Waals surface area contributed by atoms with Crippen LogP contribution in [0.2, 0.25) is 0 Å². The van der Waals surface area contributed by atoms with Crippen LogP contribution in [0, 0.1) is 0 Å². The molecule has 1 aromatic heterocycles. The summed E-state index contributed by atoms with van der Waals surface area (Å²) >= 11 is 3.45. The maximum atomic E-state index is 11.6. The predicted molar refractivity (Wildman–Crippen MR) is 89.8 cm³/mol. The highest BCUT2D eigenvalue weighted by molar-refractivity contribution is 9.08. The number of aromatic nitrogens is 1. The molecule has 21 heavy (non-hydrogen) atoms. The lowest BCUT2D eigenvalue weighted by Gasteiger charge is -2.08.